The Bertz CT molecular complexity index is 829. The minimum absolute atomic E-state index is 0.200. The van der Waals surface area contributed by atoms with Crippen LogP contribution in [0.2, 0.25) is 11.1 Å². The van der Waals surface area contributed by atoms with E-state index in [1.807, 2.05) is 0 Å². The Kier molecular flexibility index (Phi) is 6.77. The molecule has 0 saturated carbocycles. The Morgan fingerprint density at radius 3 is 2.39 bits per heavy atom. The van der Waals surface area contributed by atoms with Gasteiger partial charge in [-0.3, -0.25) is 0 Å². The van der Waals surface area contributed by atoms with Crippen molar-refractivity contribution in [3.8, 4) is 0 Å². The van der Waals surface area contributed by atoms with Crippen molar-refractivity contribution < 1.29 is 22.9 Å². The molecule has 142 valence electrons. The van der Waals surface area contributed by atoms with Crippen LogP contribution in [0.15, 0.2) is 88.4 Å². The first-order chi connectivity index (χ1) is 13.7. The molecule has 2 fully saturated rings. The van der Waals surface area contributed by atoms with Gasteiger partial charge in [-0.05, 0) is 6.42 Å². The van der Waals surface area contributed by atoms with Crippen LogP contribution in [-0.2, 0) is 26.7 Å². The van der Waals surface area contributed by atoms with Gasteiger partial charge in [0.25, 0.3) is 0 Å². The van der Waals surface area contributed by atoms with Crippen LogP contribution in [0.3, 0.4) is 0 Å². The number of rotatable bonds is 3. The predicted octanol–water partition coefficient (Wildman–Crippen LogP) is 6.30. The summed E-state index contributed by atoms with van der Waals surface area (Å²) in [5, 5.41) is 1.40. The van der Waals surface area contributed by atoms with Crippen LogP contribution in [0.25, 0.3) is 0 Å². The zero-order valence-electron chi connectivity index (χ0n) is 16.9. The molecule has 1 aromatic rings. The zero-order chi connectivity index (χ0) is 19.4. The molecule has 1 nitrogen and oxygen atoms in total. The van der Waals surface area contributed by atoms with E-state index in [1.54, 1.807) is 11.1 Å². The van der Waals surface area contributed by atoms with Gasteiger partial charge in [0.05, 0.1) is 0 Å². The van der Waals surface area contributed by atoms with Gasteiger partial charge in [0.1, 0.15) is 0 Å². The van der Waals surface area contributed by atoms with E-state index in [4.69, 9.17) is 3.79 Å². The molecule has 0 spiro atoms. The van der Waals surface area contributed by atoms with Crippen molar-refractivity contribution in [1.82, 2.24) is 0 Å². The van der Waals surface area contributed by atoms with Crippen LogP contribution in [0.1, 0.15) is 31.2 Å². The van der Waals surface area contributed by atoms with E-state index in [1.165, 1.54) is 27.6 Å². The molecule has 0 radical (unpaired) electrons. The molecule has 0 amide bonds. The van der Waals surface area contributed by atoms with Gasteiger partial charge in [-0.15, -0.1) is 0 Å². The molecule has 2 heterocycles. The minimum Gasteiger partial charge on any atom is -0.501 e. The van der Waals surface area contributed by atoms with Gasteiger partial charge in [-0.25, -0.2) is 0 Å². The van der Waals surface area contributed by atoms with E-state index in [0.29, 0.717) is 5.92 Å². The van der Waals surface area contributed by atoms with E-state index >= 15 is 0 Å². The summed E-state index contributed by atoms with van der Waals surface area (Å²) < 4.78 is 7.20. The van der Waals surface area contributed by atoms with E-state index in [9.17, 15) is 0 Å². The van der Waals surface area contributed by atoms with Gasteiger partial charge >= 0.3 is 150 Å². The third-order valence-electron chi connectivity index (χ3n) is 6.22. The Morgan fingerprint density at radius 2 is 1.86 bits per heavy atom. The van der Waals surface area contributed by atoms with Crippen LogP contribution in [0, 0.1) is 5.92 Å². The zero-order valence-corrected chi connectivity index (χ0v) is 19.6. The Hall–Kier alpha value is -0.873. The molecule has 0 bridgehead atoms. The quantitative estimate of drug-likeness (QED) is 0.522. The van der Waals surface area contributed by atoms with Crippen molar-refractivity contribution in [3.05, 3.63) is 94.0 Å². The molecule has 1 aromatic carbocycles. The third kappa shape index (κ3) is 4.05. The summed E-state index contributed by atoms with van der Waals surface area (Å²) in [6.45, 7) is 5.47. The largest absolute Gasteiger partial charge is 0.501 e. The summed E-state index contributed by atoms with van der Waals surface area (Å²) in [5.74, 6) is 2.81. The van der Waals surface area contributed by atoms with Crippen LogP contribution in [0.5, 0.6) is 0 Å². The molecule has 2 aliphatic heterocycles. The SMILES string of the molecule is C=[C]1[Ti][C](C2=CC=CC2)(c2ccccc2)C1C1=CC=CC1.[CH3][Al]1[CH2]CCC[O]1. The first kappa shape index (κ1) is 20.4. The second kappa shape index (κ2) is 9.29. The van der Waals surface area contributed by atoms with E-state index < -0.39 is 14.5 Å². The molecular weight excluding hydrogens is 391 g/mol. The molecular formula is C25H29AlOTi. The molecule has 3 heteroatoms. The Balaban J connectivity index is 0.000000233. The molecule has 2 aliphatic carbocycles. The molecule has 0 aromatic heterocycles. The minimum atomic E-state index is -0.595. The van der Waals surface area contributed by atoms with Gasteiger partial charge in [-0.1, -0.05) is 17.5 Å². The Labute approximate surface area is 183 Å². The van der Waals surface area contributed by atoms with Gasteiger partial charge in [0.15, 0.2) is 0 Å². The molecule has 2 atom stereocenters. The van der Waals surface area contributed by atoms with Gasteiger partial charge in [0, 0.05) is 6.61 Å². The maximum atomic E-state index is 5.42. The summed E-state index contributed by atoms with van der Waals surface area (Å²) in [6, 6.07) is 11.1. The van der Waals surface area contributed by atoms with E-state index in [-0.39, 0.29) is 22.9 Å². The monoisotopic (exact) mass is 420 g/mol. The first-order valence-corrected chi connectivity index (χ1v) is 14.6. The van der Waals surface area contributed by atoms with Crippen molar-refractivity contribution in [2.75, 3.05) is 6.61 Å². The first-order valence-electron chi connectivity index (χ1n) is 10.6. The van der Waals surface area contributed by atoms with Crippen LogP contribution in [0.4, 0.5) is 0 Å². The van der Waals surface area contributed by atoms with Crippen LogP contribution < -0.4 is 0 Å². The van der Waals surface area contributed by atoms with Crippen molar-refractivity contribution in [2.24, 2.45) is 5.92 Å². The number of allylic oxidation sites excluding steroid dienone is 9. The number of hydrogen-bond donors (Lipinski definition) is 0. The van der Waals surface area contributed by atoms with Crippen molar-refractivity contribution in [1.29, 1.82) is 0 Å². The van der Waals surface area contributed by atoms with Gasteiger partial charge in [-0.2, -0.15) is 0 Å². The fourth-order valence-corrected chi connectivity index (χ4v) is 9.49. The summed E-state index contributed by atoms with van der Waals surface area (Å²) in [7, 11) is 0. The van der Waals surface area contributed by atoms with E-state index in [0.717, 1.165) is 19.4 Å². The second-order valence-electron chi connectivity index (χ2n) is 8.13. The molecule has 2 saturated heterocycles. The summed E-state index contributed by atoms with van der Waals surface area (Å²) in [5.41, 5.74) is 4.68. The number of hydrogen-bond acceptors (Lipinski definition) is 1. The summed E-state index contributed by atoms with van der Waals surface area (Å²) in [6.07, 6.45) is 18.6. The summed E-state index contributed by atoms with van der Waals surface area (Å²) in [4.78, 5) is 0. The average molecular weight is 420 g/mol. The normalized spacial score (nSPS) is 28.1. The molecule has 5 rings (SSSR count). The predicted molar refractivity (Wildman–Crippen MR) is 116 cm³/mol. The maximum absolute atomic E-state index is 5.42. The molecule has 4 aliphatic rings. The smallest absolute Gasteiger partial charge is 0.457 e. The van der Waals surface area contributed by atoms with Crippen molar-refractivity contribution >= 4 is 14.5 Å². The van der Waals surface area contributed by atoms with Crippen LogP contribution in [-0.4, -0.2) is 21.1 Å². The summed E-state index contributed by atoms with van der Waals surface area (Å²) >= 11 is -0.795. The van der Waals surface area contributed by atoms with E-state index in [2.05, 4.69) is 79.2 Å². The van der Waals surface area contributed by atoms with Crippen molar-refractivity contribution in [2.45, 2.75) is 40.5 Å². The topological polar surface area (TPSA) is 9.23 Å². The molecule has 2 unspecified atom stereocenters. The van der Waals surface area contributed by atoms with Crippen LogP contribution >= 0.6 is 0 Å². The third-order valence-corrected chi connectivity index (χ3v) is 11.2. The van der Waals surface area contributed by atoms with Crippen molar-refractivity contribution in [3.63, 3.8) is 0 Å². The molecule has 0 N–H and O–H groups in total. The fourth-order valence-electron chi connectivity index (χ4n) is 4.79. The second-order valence-corrected chi connectivity index (χ2v) is 13.3. The number of benzene rings is 1. The van der Waals surface area contributed by atoms with Gasteiger partial charge < -0.3 is 3.79 Å². The Morgan fingerprint density at radius 1 is 1.07 bits per heavy atom. The fraction of sp³-hybridized carbons (Fsp3) is 0.360. The molecule has 28 heavy (non-hydrogen) atoms. The average Bonchev–Trinajstić information content (AvgIpc) is 3.42. The maximum Gasteiger partial charge on any atom is 0.457 e. The standard InChI is InChI=1S/C20H18.C4H8O.CH3.Al.Ti/c1-2-19(16-10-6-7-11-16)20(18-14-8-9-15-18)17-12-4-3-5-13-17;1-2-3-4-5;;;/h3-10,12-14,19H,1,11,15H2;1-4H2;1H3;;/q;-1;;+1;. The van der Waals surface area contributed by atoms with Gasteiger partial charge in [0.2, 0.25) is 0 Å².